The van der Waals surface area contributed by atoms with Gasteiger partial charge < -0.3 is 5.32 Å². The van der Waals surface area contributed by atoms with Crippen molar-refractivity contribution in [1.29, 1.82) is 0 Å². The molecule has 20 heavy (non-hydrogen) atoms. The minimum Gasteiger partial charge on any atom is -0.379 e. The van der Waals surface area contributed by atoms with E-state index in [4.69, 9.17) is 0 Å². The predicted molar refractivity (Wildman–Crippen MR) is 88.3 cm³/mol. The van der Waals surface area contributed by atoms with Gasteiger partial charge in [-0.2, -0.15) is 0 Å². The number of anilines is 1. The Labute approximate surface area is 141 Å². The van der Waals surface area contributed by atoms with Gasteiger partial charge in [-0.15, -0.1) is 0 Å². The Hall–Kier alpha value is -0.460. The lowest BCUT2D eigenvalue weighted by atomic mass is 10.1. The Balaban J connectivity index is 2.15. The molecule has 0 amide bonds. The molecule has 0 fully saturated rings. The van der Waals surface area contributed by atoms with E-state index in [1.807, 2.05) is 18.2 Å². The van der Waals surface area contributed by atoms with E-state index in [2.05, 4.69) is 53.1 Å². The van der Waals surface area contributed by atoms with Gasteiger partial charge in [-0.1, -0.05) is 34.1 Å². The molecule has 0 heterocycles. The number of halogens is 5. The van der Waals surface area contributed by atoms with Gasteiger partial charge in [-0.05, 0) is 55.6 Å². The highest BCUT2D eigenvalue weighted by Gasteiger charge is 2.09. The van der Waals surface area contributed by atoms with Crippen LogP contribution in [0.1, 0.15) is 17.6 Å². The van der Waals surface area contributed by atoms with Gasteiger partial charge in [0.25, 0.3) is 6.43 Å². The molecular formula is C14H10Br3F2N. The van der Waals surface area contributed by atoms with Crippen LogP contribution in [0.15, 0.2) is 49.8 Å². The van der Waals surface area contributed by atoms with Crippen molar-refractivity contribution in [2.45, 2.75) is 13.0 Å². The Bertz CT molecular complexity index is 594. The SMILES string of the molecule is FC(F)c1cccc(CNc2c(Br)cc(Br)cc2Br)c1. The highest BCUT2D eigenvalue weighted by molar-refractivity contribution is 9.11. The first-order valence-electron chi connectivity index (χ1n) is 5.73. The van der Waals surface area contributed by atoms with Gasteiger partial charge >= 0.3 is 0 Å². The summed E-state index contributed by atoms with van der Waals surface area (Å²) < 4.78 is 28.0. The summed E-state index contributed by atoms with van der Waals surface area (Å²) in [5, 5.41) is 3.23. The van der Waals surface area contributed by atoms with Crippen LogP contribution < -0.4 is 5.32 Å². The molecule has 1 N–H and O–H groups in total. The molecule has 0 aromatic heterocycles. The van der Waals surface area contributed by atoms with Crippen LogP contribution in [0.25, 0.3) is 0 Å². The second-order valence-electron chi connectivity index (χ2n) is 4.14. The fourth-order valence-electron chi connectivity index (χ4n) is 1.74. The molecule has 0 saturated heterocycles. The van der Waals surface area contributed by atoms with E-state index in [1.165, 1.54) is 12.1 Å². The van der Waals surface area contributed by atoms with Crippen molar-refractivity contribution in [3.8, 4) is 0 Å². The van der Waals surface area contributed by atoms with Crippen molar-refractivity contribution in [3.63, 3.8) is 0 Å². The summed E-state index contributed by atoms with van der Waals surface area (Å²) in [5.74, 6) is 0. The van der Waals surface area contributed by atoms with E-state index in [-0.39, 0.29) is 5.56 Å². The standard InChI is InChI=1S/C14H10Br3F2N/c15-10-5-11(16)13(12(17)6-10)20-7-8-2-1-3-9(4-8)14(18)19/h1-6,14,20H,7H2. The van der Waals surface area contributed by atoms with E-state index in [0.717, 1.165) is 24.7 Å². The van der Waals surface area contributed by atoms with Crippen LogP contribution in [0.4, 0.5) is 14.5 Å². The van der Waals surface area contributed by atoms with Crippen molar-refractivity contribution in [1.82, 2.24) is 0 Å². The number of rotatable bonds is 4. The van der Waals surface area contributed by atoms with Gasteiger partial charge in [-0.25, -0.2) is 8.78 Å². The molecule has 0 aliphatic rings. The fourth-order valence-corrected chi connectivity index (χ4v) is 4.28. The molecule has 2 aromatic rings. The summed E-state index contributed by atoms with van der Waals surface area (Å²) in [4.78, 5) is 0. The van der Waals surface area contributed by atoms with Gasteiger partial charge in [0.1, 0.15) is 0 Å². The van der Waals surface area contributed by atoms with Crippen molar-refractivity contribution < 1.29 is 8.78 Å². The van der Waals surface area contributed by atoms with E-state index in [9.17, 15) is 8.78 Å². The summed E-state index contributed by atoms with van der Waals surface area (Å²) in [6.07, 6.45) is -2.44. The Morgan fingerprint density at radius 1 is 1.00 bits per heavy atom. The number of hydrogen-bond donors (Lipinski definition) is 1. The predicted octanol–water partition coefficient (Wildman–Crippen LogP) is 6.52. The lowest BCUT2D eigenvalue weighted by Crippen LogP contribution is -2.01. The molecule has 0 aliphatic heterocycles. The van der Waals surface area contributed by atoms with Gasteiger partial charge in [0, 0.05) is 25.5 Å². The average molecular weight is 470 g/mol. The zero-order valence-corrected chi connectivity index (χ0v) is 14.9. The third kappa shape index (κ3) is 4.02. The van der Waals surface area contributed by atoms with E-state index in [1.54, 1.807) is 6.07 Å². The maximum absolute atomic E-state index is 12.6. The van der Waals surface area contributed by atoms with Crippen LogP contribution in [0, 0.1) is 0 Å². The number of nitrogens with one attached hydrogen (secondary N) is 1. The second kappa shape index (κ2) is 7.00. The fraction of sp³-hybridized carbons (Fsp3) is 0.143. The van der Waals surface area contributed by atoms with Gasteiger partial charge in [0.15, 0.2) is 0 Å². The Morgan fingerprint density at radius 2 is 1.65 bits per heavy atom. The maximum Gasteiger partial charge on any atom is 0.263 e. The summed E-state index contributed by atoms with van der Waals surface area (Å²) in [5.41, 5.74) is 1.73. The number of benzene rings is 2. The smallest absolute Gasteiger partial charge is 0.263 e. The Kier molecular flexibility index (Phi) is 5.57. The zero-order chi connectivity index (χ0) is 14.7. The van der Waals surface area contributed by atoms with E-state index in [0.29, 0.717) is 6.54 Å². The molecule has 0 aliphatic carbocycles. The van der Waals surface area contributed by atoms with Crippen LogP contribution in [-0.4, -0.2) is 0 Å². The van der Waals surface area contributed by atoms with Gasteiger partial charge in [0.05, 0.1) is 5.69 Å². The van der Waals surface area contributed by atoms with Crippen molar-refractivity contribution >= 4 is 53.5 Å². The third-order valence-corrected chi connectivity index (χ3v) is 4.39. The van der Waals surface area contributed by atoms with Gasteiger partial charge in [0.2, 0.25) is 0 Å². The molecule has 0 radical (unpaired) electrons. The summed E-state index contributed by atoms with van der Waals surface area (Å²) in [6.45, 7) is 0.472. The monoisotopic (exact) mass is 467 g/mol. The molecule has 1 nitrogen and oxygen atoms in total. The van der Waals surface area contributed by atoms with Crippen LogP contribution in [-0.2, 0) is 6.54 Å². The molecule has 6 heteroatoms. The van der Waals surface area contributed by atoms with E-state index < -0.39 is 6.43 Å². The Morgan fingerprint density at radius 3 is 2.25 bits per heavy atom. The quantitative estimate of drug-likeness (QED) is 0.537. The summed E-state index contributed by atoms with van der Waals surface area (Å²) >= 11 is 10.3. The maximum atomic E-state index is 12.6. The van der Waals surface area contributed by atoms with Gasteiger partial charge in [-0.3, -0.25) is 0 Å². The van der Waals surface area contributed by atoms with Crippen molar-refractivity contribution in [2.24, 2.45) is 0 Å². The largest absolute Gasteiger partial charge is 0.379 e. The second-order valence-corrected chi connectivity index (χ2v) is 6.77. The van der Waals surface area contributed by atoms with Crippen molar-refractivity contribution in [3.05, 3.63) is 60.9 Å². The molecule has 2 rings (SSSR count). The number of alkyl halides is 2. The molecule has 0 bridgehead atoms. The molecular weight excluding hydrogens is 460 g/mol. The minimum absolute atomic E-state index is 0.0400. The third-order valence-electron chi connectivity index (χ3n) is 2.68. The minimum atomic E-state index is -2.44. The molecule has 106 valence electrons. The number of hydrogen-bond acceptors (Lipinski definition) is 1. The van der Waals surface area contributed by atoms with Crippen molar-refractivity contribution in [2.75, 3.05) is 5.32 Å². The first-order valence-corrected chi connectivity index (χ1v) is 8.10. The molecule has 0 unspecified atom stereocenters. The topological polar surface area (TPSA) is 12.0 Å². The summed E-state index contributed by atoms with van der Waals surface area (Å²) in [7, 11) is 0. The van der Waals surface area contributed by atoms with Crippen LogP contribution >= 0.6 is 47.8 Å². The first kappa shape index (κ1) is 15.9. The molecule has 2 aromatic carbocycles. The lowest BCUT2D eigenvalue weighted by molar-refractivity contribution is 0.151. The lowest BCUT2D eigenvalue weighted by Gasteiger charge is -2.12. The highest BCUT2D eigenvalue weighted by atomic mass is 79.9. The van der Waals surface area contributed by atoms with Crippen LogP contribution in [0.3, 0.4) is 0 Å². The molecule has 0 atom stereocenters. The summed E-state index contributed by atoms with van der Waals surface area (Å²) in [6, 6.07) is 10.2. The molecule has 0 spiro atoms. The van der Waals surface area contributed by atoms with Crippen LogP contribution in [0.5, 0.6) is 0 Å². The average Bonchev–Trinajstić information content (AvgIpc) is 2.37. The normalized spacial score (nSPS) is 10.9. The molecule has 0 saturated carbocycles. The van der Waals surface area contributed by atoms with E-state index >= 15 is 0 Å². The first-order chi connectivity index (χ1) is 9.47. The zero-order valence-electron chi connectivity index (χ0n) is 10.1. The van der Waals surface area contributed by atoms with Crippen LogP contribution in [0.2, 0.25) is 0 Å². The highest BCUT2D eigenvalue weighted by Crippen LogP contribution is 2.34.